The molecular formula is C21H27N5O2. The van der Waals surface area contributed by atoms with Crippen LogP contribution in [0.2, 0.25) is 0 Å². The van der Waals surface area contributed by atoms with Crippen LogP contribution in [-0.4, -0.2) is 32.2 Å². The second-order valence-electron chi connectivity index (χ2n) is 7.57. The van der Waals surface area contributed by atoms with Crippen molar-refractivity contribution in [1.82, 2.24) is 19.1 Å². The second-order valence-corrected chi connectivity index (χ2v) is 7.57. The average molecular weight is 381 g/mol. The average Bonchev–Trinajstić information content (AvgIpc) is 3.09. The van der Waals surface area contributed by atoms with Crippen molar-refractivity contribution in [3.63, 3.8) is 0 Å². The van der Waals surface area contributed by atoms with Crippen LogP contribution in [0, 0.1) is 5.92 Å². The van der Waals surface area contributed by atoms with Gasteiger partial charge in [0.1, 0.15) is 5.82 Å². The third-order valence-electron chi connectivity index (χ3n) is 5.79. The molecule has 1 aromatic carbocycles. The van der Waals surface area contributed by atoms with E-state index in [-0.39, 0.29) is 5.56 Å². The Morgan fingerprint density at radius 3 is 2.29 bits per heavy atom. The molecule has 0 spiro atoms. The molecule has 0 unspecified atom stereocenters. The zero-order chi connectivity index (χ0) is 19.8. The first-order chi connectivity index (χ1) is 13.5. The van der Waals surface area contributed by atoms with Gasteiger partial charge < -0.3 is 9.47 Å². The second kappa shape index (κ2) is 7.30. The molecule has 1 aliphatic rings. The highest BCUT2D eigenvalue weighted by molar-refractivity contribution is 5.77. The van der Waals surface area contributed by atoms with Crippen LogP contribution >= 0.6 is 0 Å². The zero-order valence-corrected chi connectivity index (χ0v) is 16.7. The topological polar surface area (TPSA) is 75.9 Å². The van der Waals surface area contributed by atoms with Crippen molar-refractivity contribution < 1.29 is 0 Å². The van der Waals surface area contributed by atoms with Crippen LogP contribution in [0.15, 0.2) is 33.9 Å². The van der Waals surface area contributed by atoms with E-state index in [1.165, 1.54) is 23.1 Å². The summed E-state index contributed by atoms with van der Waals surface area (Å²) in [6, 6.07) is 8.37. The Morgan fingerprint density at radius 2 is 1.68 bits per heavy atom. The van der Waals surface area contributed by atoms with Crippen molar-refractivity contribution in [2.45, 2.75) is 46.7 Å². The lowest BCUT2D eigenvalue weighted by Gasteiger charge is -2.32. The van der Waals surface area contributed by atoms with Gasteiger partial charge in [0.15, 0.2) is 11.2 Å². The van der Waals surface area contributed by atoms with Gasteiger partial charge in [-0.1, -0.05) is 6.92 Å². The summed E-state index contributed by atoms with van der Waals surface area (Å²) < 4.78 is 3.40. The summed E-state index contributed by atoms with van der Waals surface area (Å²) in [7, 11) is 0. The van der Waals surface area contributed by atoms with Gasteiger partial charge in [0.05, 0.1) is 0 Å². The molecule has 0 atom stereocenters. The number of hydrogen-bond donors (Lipinski definition) is 1. The Morgan fingerprint density at radius 1 is 1.04 bits per heavy atom. The highest BCUT2D eigenvalue weighted by Crippen LogP contribution is 2.27. The molecule has 148 valence electrons. The van der Waals surface area contributed by atoms with E-state index >= 15 is 0 Å². The molecule has 3 heterocycles. The minimum absolute atomic E-state index is 0.385. The maximum absolute atomic E-state index is 12.4. The highest BCUT2D eigenvalue weighted by atomic mass is 16.2. The van der Waals surface area contributed by atoms with E-state index in [1.54, 1.807) is 0 Å². The fourth-order valence-corrected chi connectivity index (χ4v) is 4.08. The number of H-pyrrole nitrogens is 1. The molecule has 0 aliphatic carbocycles. The molecule has 7 heteroatoms. The maximum atomic E-state index is 12.4. The first kappa shape index (κ1) is 18.5. The molecule has 2 aromatic heterocycles. The molecule has 0 amide bonds. The number of fused-ring (bicyclic) bond motifs is 1. The lowest BCUT2D eigenvalue weighted by Crippen LogP contribution is -2.32. The quantitative estimate of drug-likeness (QED) is 0.754. The van der Waals surface area contributed by atoms with Gasteiger partial charge >= 0.3 is 5.69 Å². The largest absolute Gasteiger partial charge is 0.372 e. The third kappa shape index (κ3) is 3.04. The lowest BCUT2D eigenvalue weighted by molar-refractivity contribution is 0.438. The van der Waals surface area contributed by atoms with Crippen molar-refractivity contribution in [1.29, 1.82) is 0 Å². The molecule has 1 aliphatic heterocycles. The number of aromatic nitrogens is 4. The van der Waals surface area contributed by atoms with Gasteiger partial charge in [0.2, 0.25) is 0 Å². The SMILES string of the molecule is CCn1c(-c2ccc(N3CCC(C)CC3)cc2)nc2c1c(=O)[nH]c(=O)n2CC. The van der Waals surface area contributed by atoms with Gasteiger partial charge in [-0.25, -0.2) is 9.78 Å². The van der Waals surface area contributed by atoms with Gasteiger partial charge in [-0.2, -0.15) is 0 Å². The number of benzene rings is 1. The summed E-state index contributed by atoms with van der Waals surface area (Å²) in [6.45, 7) is 9.40. The molecular weight excluding hydrogens is 354 g/mol. The first-order valence-electron chi connectivity index (χ1n) is 10.1. The number of nitrogens with zero attached hydrogens (tertiary/aromatic N) is 4. The Balaban J connectivity index is 1.78. The van der Waals surface area contributed by atoms with Crippen molar-refractivity contribution in [2.24, 2.45) is 5.92 Å². The standard InChI is InChI=1S/C21H27N5O2/c1-4-25-17-19(26(5-2)21(28)23-20(17)27)22-18(25)15-6-8-16(9-7-15)24-12-10-14(3)11-13-24/h6-9,14H,4-5,10-13H2,1-3H3,(H,23,27,28). The van der Waals surface area contributed by atoms with Gasteiger partial charge in [0.25, 0.3) is 5.56 Å². The molecule has 4 rings (SSSR count). The number of nitrogens with one attached hydrogen (secondary N) is 1. The van der Waals surface area contributed by atoms with E-state index < -0.39 is 5.69 Å². The number of hydrogen-bond acceptors (Lipinski definition) is 4. The Hall–Kier alpha value is -2.83. The molecule has 0 saturated carbocycles. The van der Waals surface area contributed by atoms with Crippen LogP contribution < -0.4 is 16.1 Å². The maximum Gasteiger partial charge on any atom is 0.330 e. The molecule has 1 fully saturated rings. The predicted molar refractivity (Wildman–Crippen MR) is 112 cm³/mol. The van der Waals surface area contributed by atoms with Crippen LogP contribution in [-0.2, 0) is 13.1 Å². The first-order valence-corrected chi connectivity index (χ1v) is 10.1. The van der Waals surface area contributed by atoms with Gasteiger partial charge in [0, 0.05) is 37.4 Å². The van der Waals surface area contributed by atoms with Crippen LogP contribution in [0.5, 0.6) is 0 Å². The van der Waals surface area contributed by atoms with Crippen LogP contribution in [0.1, 0.15) is 33.6 Å². The summed E-state index contributed by atoms with van der Waals surface area (Å²) in [4.78, 5) is 34.1. The molecule has 1 saturated heterocycles. The van der Waals surface area contributed by atoms with E-state index in [0.29, 0.717) is 24.3 Å². The zero-order valence-electron chi connectivity index (χ0n) is 16.7. The molecule has 3 aromatic rings. The number of rotatable bonds is 4. The fraction of sp³-hybridized carbons (Fsp3) is 0.476. The molecule has 1 N–H and O–H groups in total. The number of anilines is 1. The monoisotopic (exact) mass is 381 g/mol. The van der Waals surface area contributed by atoms with Crippen molar-refractivity contribution in [2.75, 3.05) is 18.0 Å². The number of piperidine rings is 1. The summed E-state index contributed by atoms with van der Waals surface area (Å²) in [5, 5.41) is 0. The fourth-order valence-electron chi connectivity index (χ4n) is 4.08. The van der Waals surface area contributed by atoms with Crippen molar-refractivity contribution in [3.8, 4) is 11.4 Å². The summed E-state index contributed by atoms with van der Waals surface area (Å²) in [5.74, 6) is 1.52. The Labute approximate surface area is 163 Å². The van der Waals surface area contributed by atoms with Crippen LogP contribution in [0.25, 0.3) is 22.6 Å². The van der Waals surface area contributed by atoms with Gasteiger partial charge in [-0.3, -0.25) is 14.3 Å². The van der Waals surface area contributed by atoms with E-state index in [1.807, 2.05) is 18.4 Å². The molecule has 28 heavy (non-hydrogen) atoms. The third-order valence-corrected chi connectivity index (χ3v) is 5.79. The number of imidazole rings is 1. The van der Waals surface area contributed by atoms with Crippen LogP contribution in [0.3, 0.4) is 0 Å². The van der Waals surface area contributed by atoms with E-state index in [2.05, 4.69) is 41.1 Å². The lowest BCUT2D eigenvalue weighted by atomic mass is 9.98. The van der Waals surface area contributed by atoms with Crippen molar-refractivity contribution >= 4 is 16.9 Å². The smallest absolute Gasteiger partial charge is 0.330 e. The number of aryl methyl sites for hydroxylation is 2. The summed E-state index contributed by atoms with van der Waals surface area (Å²) in [6.07, 6.45) is 2.45. The Bertz CT molecular complexity index is 1100. The van der Waals surface area contributed by atoms with E-state index in [4.69, 9.17) is 4.98 Å². The minimum atomic E-state index is -0.415. The van der Waals surface area contributed by atoms with E-state index in [0.717, 1.165) is 30.4 Å². The highest BCUT2D eigenvalue weighted by Gasteiger charge is 2.19. The van der Waals surface area contributed by atoms with E-state index in [9.17, 15) is 9.59 Å². The van der Waals surface area contributed by atoms with Gasteiger partial charge in [-0.15, -0.1) is 0 Å². The summed E-state index contributed by atoms with van der Waals surface area (Å²) in [5.41, 5.74) is 2.27. The summed E-state index contributed by atoms with van der Waals surface area (Å²) >= 11 is 0. The minimum Gasteiger partial charge on any atom is -0.372 e. The van der Waals surface area contributed by atoms with Crippen molar-refractivity contribution in [3.05, 3.63) is 45.1 Å². The molecule has 0 bridgehead atoms. The molecule has 0 radical (unpaired) electrons. The normalized spacial score (nSPS) is 15.5. The van der Waals surface area contributed by atoms with Crippen LogP contribution in [0.4, 0.5) is 5.69 Å². The van der Waals surface area contributed by atoms with Gasteiger partial charge in [-0.05, 0) is 56.9 Å². The Kier molecular flexibility index (Phi) is 4.83. The molecule has 7 nitrogen and oxygen atoms in total. The number of aromatic amines is 1. The predicted octanol–water partition coefficient (Wildman–Crippen LogP) is 2.83.